The van der Waals surface area contributed by atoms with E-state index in [4.69, 9.17) is 0 Å². The Morgan fingerprint density at radius 3 is 2.65 bits per heavy atom. The lowest BCUT2D eigenvalue weighted by Gasteiger charge is -2.34. The van der Waals surface area contributed by atoms with Gasteiger partial charge in [-0.2, -0.15) is 0 Å². The number of hydrogen-bond acceptors (Lipinski definition) is 3. The Balaban J connectivity index is 2.27. The van der Waals surface area contributed by atoms with Gasteiger partial charge in [-0.3, -0.25) is 9.59 Å². The van der Waals surface area contributed by atoms with Crippen molar-refractivity contribution in [3.05, 3.63) is 0 Å². The van der Waals surface area contributed by atoms with Gasteiger partial charge in [0.1, 0.15) is 0 Å². The van der Waals surface area contributed by atoms with Crippen LogP contribution in [0.3, 0.4) is 0 Å². The maximum Gasteiger partial charge on any atom is 0.222 e. The quantitative estimate of drug-likeness (QED) is 0.757. The topological polar surface area (TPSA) is 52.7 Å². The molecule has 1 aliphatic heterocycles. The Kier molecular flexibility index (Phi) is 5.41. The van der Waals surface area contributed by atoms with Crippen molar-refractivity contribution in [3.8, 4) is 0 Å². The molecule has 0 spiro atoms. The first-order valence-electron chi connectivity index (χ1n) is 6.22. The lowest BCUT2D eigenvalue weighted by Crippen LogP contribution is -2.52. The number of nitrogens with one attached hydrogen (secondary N) is 1. The predicted octanol–water partition coefficient (Wildman–Crippen LogP) is 0.0652. The van der Waals surface area contributed by atoms with Gasteiger partial charge in [-0.15, -0.1) is 0 Å². The SMILES string of the molecule is CC1CNCCN1C(=O)CCCC(=O)N(C)C. The first-order valence-corrected chi connectivity index (χ1v) is 6.22. The van der Waals surface area contributed by atoms with E-state index in [2.05, 4.69) is 12.2 Å². The number of carbonyl (C=O) groups excluding carboxylic acids is 2. The molecule has 1 aliphatic rings. The minimum atomic E-state index is 0.0890. The van der Waals surface area contributed by atoms with E-state index in [-0.39, 0.29) is 17.9 Å². The maximum atomic E-state index is 11.9. The van der Waals surface area contributed by atoms with Crippen molar-refractivity contribution >= 4 is 11.8 Å². The molecule has 5 nitrogen and oxygen atoms in total. The van der Waals surface area contributed by atoms with Crippen molar-refractivity contribution < 1.29 is 9.59 Å². The molecule has 1 unspecified atom stereocenters. The summed E-state index contributed by atoms with van der Waals surface area (Å²) >= 11 is 0. The minimum Gasteiger partial charge on any atom is -0.349 e. The van der Waals surface area contributed by atoms with Crippen molar-refractivity contribution in [2.75, 3.05) is 33.7 Å². The second kappa shape index (κ2) is 6.59. The van der Waals surface area contributed by atoms with E-state index in [1.165, 1.54) is 0 Å². The molecule has 2 amide bonds. The number of rotatable bonds is 4. The first kappa shape index (κ1) is 14.0. The summed E-state index contributed by atoms with van der Waals surface area (Å²) in [6.45, 7) is 4.56. The molecule has 5 heteroatoms. The maximum absolute atomic E-state index is 11.9. The highest BCUT2D eigenvalue weighted by molar-refractivity contribution is 5.79. The van der Waals surface area contributed by atoms with Crippen LogP contribution in [-0.2, 0) is 9.59 Å². The van der Waals surface area contributed by atoms with E-state index in [9.17, 15) is 9.59 Å². The Bertz CT molecular complexity index is 279. The van der Waals surface area contributed by atoms with Crippen LogP contribution >= 0.6 is 0 Å². The zero-order valence-electron chi connectivity index (χ0n) is 11.0. The van der Waals surface area contributed by atoms with Crippen molar-refractivity contribution in [1.82, 2.24) is 15.1 Å². The minimum absolute atomic E-state index is 0.0890. The van der Waals surface area contributed by atoms with Gasteiger partial charge in [0.2, 0.25) is 11.8 Å². The van der Waals surface area contributed by atoms with Crippen LogP contribution in [0.1, 0.15) is 26.2 Å². The van der Waals surface area contributed by atoms with Gasteiger partial charge in [-0.1, -0.05) is 0 Å². The highest BCUT2D eigenvalue weighted by Gasteiger charge is 2.22. The van der Waals surface area contributed by atoms with Crippen molar-refractivity contribution in [2.45, 2.75) is 32.2 Å². The van der Waals surface area contributed by atoms with Crippen LogP contribution in [0.25, 0.3) is 0 Å². The van der Waals surface area contributed by atoms with Gasteiger partial charge >= 0.3 is 0 Å². The molecule has 17 heavy (non-hydrogen) atoms. The number of amides is 2. The van der Waals surface area contributed by atoms with Crippen LogP contribution in [-0.4, -0.2) is 61.4 Å². The highest BCUT2D eigenvalue weighted by atomic mass is 16.2. The van der Waals surface area contributed by atoms with E-state index in [0.29, 0.717) is 19.3 Å². The summed E-state index contributed by atoms with van der Waals surface area (Å²) in [5, 5.41) is 3.25. The van der Waals surface area contributed by atoms with Crippen molar-refractivity contribution in [1.29, 1.82) is 0 Å². The zero-order valence-corrected chi connectivity index (χ0v) is 11.0. The fourth-order valence-electron chi connectivity index (χ4n) is 1.97. The van der Waals surface area contributed by atoms with E-state index < -0.39 is 0 Å². The Labute approximate surface area is 103 Å². The van der Waals surface area contributed by atoms with Gasteiger partial charge in [0.05, 0.1) is 0 Å². The molecule has 0 aromatic carbocycles. The van der Waals surface area contributed by atoms with Gasteiger partial charge in [-0.05, 0) is 13.3 Å². The first-order chi connectivity index (χ1) is 8.02. The summed E-state index contributed by atoms with van der Waals surface area (Å²) in [6, 6.07) is 0.265. The normalized spacial score (nSPS) is 20.2. The van der Waals surface area contributed by atoms with Crippen LogP contribution in [0.5, 0.6) is 0 Å². The van der Waals surface area contributed by atoms with Gasteiger partial charge in [0.15, 0.2) is 0 Å². The van der Waals surface area contributed by atoms with E-state index in [0.717, 1.165) is 19.6 Å². The molecule has 0 aromatic heterocycles. The fourth-order valence-corrected chi connectivity index (χ4v) is 1.97. The summed E-state index contributed by atoms with van der Waals surface area (Å²) in [5.41, 5.74) is 0. The molecule has 0 bridgehead atoms. The standard InChI is InChI=1S/C12H23N3O2/c1-10-9-13-7-8-15(10)12(17)6-4-5-11(16)14(2)3/h10,13H,4-9H2,1-3H3. The molecule has 1 N–H and O–H groups in total. The lowest BCUT2D eigenvalue weighted by molar-refractivity contribution is -0.134. The number of nitrogens with zero attached hydrogens (tertiary/aromatic N) is 2. The number of piperazine rings is 1. The molecule has 1 heterocycles. The summed E-state index contributed by atoms with van der Waals surface area (Å²) in [5.74, 6) is 0.261. The molecule has 1 atom stereocenters. The van der Waals surface area contributed by atoms with E-state index >= 15 is 0 Å². The Hall–Kier alpha value is -1.10. The van der Waals surface area contributed by atoms with Gasteiger partial charge in [-0.25, -0.2) is 0 Å². The Morgan fingerprint density at radius 2 is 2.06 bits per heavy atom. The monoisotopic (exact) mass is 241 g/mol. The van der Waals surface area contributed by atoms with Crippen molar-refractivity contribution in [3.63, 3.8) is 0 Å². The third-order valence-electron chi connectivity index (χ3n) is 3.10. The van der Waals surface area contributed by atoms with Gasteiger partial charge in [0.25, 0.3) is 0 Å². The second-order valence-corrected chi connectivity index (χ2v) is 4.78. The third kappa shape index (κ3) is 4.34. The largest absolute Gasteiger partial charge is 0.349 e. The zero-order chi connectivity index (χ0) is 12.8. The van der Waals surface area contributed by atoms with E-state index in [1.54, 1.807) is 19.0 Å². The number of carbonyl (C=O) groups is 2. The van der Waals surface area contributed by atoms with Crippen LogP contribution in [0.4, 0.5) is 0 Å². The average Bonchev–Trinajstić information content (AvgIpc) is 2.29. The number of hydrogen-bond donors (Lipinski definition) is 1. The van der Waals surface area contributed by atoms with Crippen LogP contribution in [0.15, 0.2) is 0 Å². The molecular weight excluding hydrogens is 218 g/mol. The second-order valence-electron chi connectivity index (χ2n) is 4.78. The summed E-state index contributed by atoms with van der Waals surface area (Å²) < 4.78 is 0. The van der Waals surface area contributed by atoms with Crippen LogP contribution < -0.4 is 5.32 Å². The average molecular weight is 241 g/mol. The van der Waals surface area contributed by atoms with Gasteiger partial charge in [0, 0.05) is 52.6 Å². The fraction of sp³-hybridized carbons (Fsp3) is 0.833. The molecule has 1 fully saturated rings. The van der Waals surface area contributed by atoms with Crippen molar-refractivity contribution in [2.24, 2.45) is 0 Å². The third-order valence-corrected chi connectivity index (χ3v) is 3.10. The molecular formula is C12H23N3O2. The molecule has 0 saturated carbocycles. The van der Waals surface area contributed by atoms with Crippen LogP contribution in [0, 0.1) is 0 Å². The molecule has 0 radical (unpaired) electrons. The lowest BCUT2D eigenvalue weighted by atomic mass is 10.1. The van der Waals surface area contributed by atoms with Crippen LogP contribution in [0.2, 0.25) is 0 Å². The summed E-state index contributed by atoms with van der Waals surface area (Å²) in [4.78, 5) is 26.8. The molecule has 0 aromatic rings. The molecule has 1 rings (SSSR count). The van der Waals surface area contributed by atoms with Gasteiger partial charge < -0.3 is 15.1 Å². The molecule has 98 valence electrons. The summed E-state index contributed by atoms with van der Waals surface area (Å²) in [6.07, 6.45) is 1.58. The Morgan fingerprint density at radius 1 is 1.35 bits per heavy atom. The highest BCUT2D eigenvalue weighted by Crippen LogP contribution is 2.08. The predicted molar refractivity (Wildman–Crippen MR) is 66.6 cm³/mol. The summed E-state index contributed by atoms with van der Waals surface area (Å²) in [7, 11) is 3.48. The van der Waals surface area contributed by atoms with E-state index in [1.807, 2.05) is 4.90 Å². The molecule has 1 saturated heterocycles. The molecule has 0 aliphatic carbocycles. The smallest absolute Gasteiger partial charge is 0.222 e.